The summed E-state index contributed by atoms with van der Waals surface area (Å²) in [5, 5.41) is 0. The number of carbonyl (C=O) groups excluding carboxylic acids is 2. The zero-order valence-corrected chi connectivity index (χ0v) is 21.4. The summed E-state index contributed by atoms with van der Waals surface area (Å²) in [4.78, 5) is 29.8. The number of furan rings is 1. The lowest BCUT2D eigenvalue weighted by molar-refractivity contribution is -0.141. The average molecular weight is 487 g/mol. The van der Waals surface area contributed by atoms with Crippen LogP contribution in [-0.2, 0) is 27.3 Å². The van der Waals surface area contributed by atoms with Crippen molar-refractivity contribution in [3.63, 3.8) is 0 Å². The van der Waals surface area contributed by atoms with Crippen LogP contribution in [0.5, 0.6) is 11.5 Å². The second kappa shape index (κ2) is 13.2. The van der Waals surface area contributed by atoms with Gasteiger partial charge in [-0.05, 0) is 69.4 Å². The van der Waals surface area contributed by atoms with Crippen LogP contribution in [0.25, 0.3) is 0 Å². The molecule has 1 aromatic carbocycles. The van der Waals surface area contributed by atoms with E-state index in [1.54, 1.807) is 24.0 Å². The van der Waals surface area contributed by atoms with Crippen molar-refractivity contribution in [2.75, 3.05) is 47.1 Å². The Hall–Kier alpha value is -3.00. The van der Waals surface area contributed by atoms with Crippen LogP contribution < -0.4 is 9.47 Å². The smallest absolute Gasteiger partial charge is 0.242 e. The third kappa shape index (κ3) is 8.02. The molecular weight excluding hydrogens is 448 g/mol. The van der Waals surface area contributed by atoms with E-state index in [9.17, 15) is 9.59 Å². The number of ether oxygens (including phenoxy) is 3. The quantitative estimate of drug-likeness (QED) is 0.356. The minimum absolute atomic E-state index is 0.0582. The van der Waals surface area contributed by atoms with Crippen molar-refractivity contribution in [3.05, 3.63) is 47.4 Å². The Kier molecular flexibility index (Phi) is 10.0. The molecule has 0 N–H and O–H groups in total. The summed E-state index contributed by atoms with van der Waals surface area (Å²) >= 11 is 0. The second-order valence-corrected chi connectivity index (χ2v) is 8.85. The third-order valence-electron chi connectivity index (χ3n) is 6.10. The molecule has 2 amide bonds. The standard InChI is InChI=1S/C27H38N2O6/c1-5-34-16-6-14-29(27(31)22-9-10-22)19-26(30)28(18-23-11-7-20(2)35-23)15-13-21-8-12-24(32-3)25(17-21)33-4/h7-8,11-12,17,22H,5-6,9-10,13-16,18-19H2,1-4H3. The van der Waals surface area contributed by atoms with E-state index in [1.807, 2.05) is 44.2 Å². The first-order chi connectivity index (χ1) is 16.9. The molecule has 1 aliphatic carbocycles. The Morgan fingerprint density at radius 1 is 1.03 bits per heavy atom. The van der Waals surface area contributed by atoms with E-state index in [0.717, 1.165) is 29.9 Å². The van der Waals surface area contributed by atoms with Crippen LogP contribution in [0, 0.1) is 12.8 Å². The van der Waals surface area contributed by atoms with Crippen LogP contribution in [0.1, 0.15) is 43.3 Å². The summed E-state index contributed by atoms with van der Waals surface area (Å²) < 4.78 is 21.9. The summed E-state index contributed by atoms with van der Waals surface area (Å²) in [7, 11) is 3.21. The summed E-state index contributed by atoms with van der Waals surface area (Å²) in [6.07, 6.45) is 3.16. The van der Waals surface area contributed by atoms with Gasteiger partial charge in [0.25, 0.3) is 0 Å². The van der Waals surface area contributed by atoms with Gasteiger partial charge >= 0.3 is 0 Å². The topological polar surface area (TPSA) is 81.5 Å². The normalized spacial score (nSPS) is 12.9. The molecular formula is C27H38N2O6. The van der Waals surface area contributed by atoms with Crippen molar-refractivity contribution < 1.29 is 28.2 Å². The van der Waals surface area contributed by atoms with Crippen LogP contribution in [0.2, 0.25) is 0 Å². The maximum Gasteiger partial charge on any atom is 0.242 e. The average Bonchev–Trinajstić information content (AvgIpc) is 3.64. The largest absolute Gasteiger partial charge is 0.493 e. The Morgan fingerprint density at radius 2 is 1.80 bits per heavy atom. The molecule has 0 spiro atoms. The number of amides is 2. The molecule has 3 rings (SSSR count). The van der Waals surface area contributed by atoms with Gasteiger partial charge in [0.2, 0.25) is 11.8 Å². The van der Waals surface area contributed by atoms with E-state index in [2.05, 4.69) is 0 Å². The molecule has 35 heavy (non-hydrogen) atoms. The zero-order chi connectivity index (χ0) is 25.2. The van der Waals surface area contributed by atoms with Gasteiger partial charge in [-0.25, -0.2) is 0 Å². The number of hydrogen-bond acceptors (Lipinski definition) is 6. The lowest BCUT2D eigenvalue weighted by Crippen LogP contribution is -2.44. The molecule has 192 valence electrons. The van der Waals surface area contributed by atoms with Gasteiger partial charge < -0.3 is 28.4 Å². The highest BCUT2D eigenvalue weighted by molar-refractivity contribution is 5.87. The van der Waals surface area contributed by atoms with Crippen LogP contribution in [0.4, 0.5) is 0 Å². The molecule has 2 aromatic rings. The second-order valence-electron chi connectivity index (χ2n) is 8.85. The van der Waals surface area contributed by atoms with Crippen molar-refractivity contribution in [1.29, 1.82) is 0 Å². The lowest BCUT2D eigenvalue weighted by Gasteiger charge is -2.27. The van der Waals surface area contributed by atoms with Crippen LogP contribution >= 0.6 is 0 Å². The monoisotopic (exact) mass is 486 g/mol. The molecule has 1 aromatic heterocycles. The first kappa shape index (κ1) is 26.6. The van der Waals surface area contributed by atoms with Gasteiger partial charge in [-0.2, -0.15) is 0 Å². The first-order valence-corrected chi connectivity index (χ1v) is 12.4. The van der Waals surface area contributed by atoms with E-state index >= 15 is 0 Å². The van der Waals surface area contributed by atoms with E-state index in [0.29, 0.717) is 57.2 Å². The fourth-order valence-corrected chi connectivity index (χ4v) is 3.97. The highest BCUT2D eigenvalue weighted by Crippen LogP contribution is 2.31. The minimum atomic E-state index is -0.0926. The van der Waals surface area contributed by atoms with Gasteiger partial charge in [0.1, 0.15) is 11.5 Å². The molecule has 0 saturated heterocycles. The van der Waals surface area contributed by atoms with Gasteiger partial charge in [0.05, 0.1) is 27.3 Å². The Morgan fingerprint density at radius 3 is 2.43 bits per heavy atom. The first-order valence-electron chi connectivity index (χ1n) is 12.4. The molecule has 1 fully saturated rings. The molecule has 0 radical (unpaired) electrons. The summed E-state index contributed by atoms with van der Waals surface area (Å²) in [5.74, 6) is 2.88. The maximum absolute atomic E-state index is 13.5. The molecule has 1 aliphatic rings. The van der Waals surface area contributed by atoms with Gasteiger partial charge in [0, 0.05) is 32.2 Å². The number of carbonyl (C=O) groups is 2. The van der Waals surface area contributed by atoms with Crippen LogP contribution in [0.3, 0.4) is 0 Å². The summed E-state index contributed by atoms with van der Waals surface area (Å²) in [6.45, 7) is 6.47. The van der Waals surface area contributed by atoms with Crippen molar-refractivity contribution in [2.45, 2.75) is 46.1 Å². The molecule has 0 bridgehead atoms. The van der Waals surface area contributed by atoms with Crippen LogP contribution in [0.15, 0.2) is 34.7 Å². The van der Waals surface area contributed by atoms with Crippen molar-refractivity contribution in [1.82, 2.24) is 9.80 Å². The SMILES string of the molecule is CCOCCCN(CC(=O)N(CCc1ccc(OC)c(OC)c1)Cc1ccc(C)o1)C(=O)C1CC1. The number of methoxy groups -OCH3 is 2. The summed E-state index contributed by atoms with van der Waals surface area (Å²) in [5.41, 5.74) is 1.03. The van der Waals surface area contributed by atoms with Crippen molar-refractivity contribution in [3.8, 4) is 11.5 Å². The molecule has 8 nitrogen and oxygen atoms in total. The Balaban J connectivity index is 1.70. The van der Waals surface area contributed by atoms with E-state index in [-0.39, 0.29) is 24.3 Å². The van der Waals surface area contributed by atoms with Crippen molar-refractivity contribution in [2.24, 2.45) is 5.92 Å². The highest BCUT2D eigenvalue weighted by Gasteiger charge is 2.34. The number of nitrogens with zero attached hydrogens (tertiary/aromatic N) is 2. The van der Waals surface area contributed by atoms with Gasteiger partial charge in [0.15, 0.2) is 11.5 Å². The predicted molar refractivity (Wildman–Crippen MR) is 133 cm³/mol. The predicted octanol–water partition coefficient (Wildman–Crippen LogP) is 3.84. The molecule has 0 unspecified atom stereocenters. The number of rotatable bonds is 15. The highest BCUT2D eigenvalue weighted by atomic mass is 16.5. The van der Waals surface area contributed by atoms with Gasteiger partial charge in [-0.15, -0.1) is 0 Å². The number of aryl methyl sites for hydroxylation is 1. The minimum Gasteiger partial charge on any atom is -0.493 e. The zero-order valence-electron chi connectivity index (χ0n) is 21.4. The van der Waals surface area contributed by atoms with Gasteiger partial charge in [-0.1, -0.05) is 6.07 Å². The van der Waals surface area contributed by atoms with E-state index in [1.165, 1.54) is 0 Å². The Labute approximate surface area is 208 Å². The fraction of sp³-hybridized carbons (Fsp3) is 0.556. The van der Waals surface area contributed by atoms with Crippen molar-refractivity contribution >= 4 is 11.8 Å². The van der Waals surface area contributed by atoms with Gasteiger partial charge in [-0.3, -0.25) is 9.59 Å². The Bertz CT molecular complexity index is 968. The van der Waals surface area contributed by atoms with Crippen LogP contribution in [-0.4, -0.2) is 68.7 Å². The lowest BCUT2D eigenvalue weighted by atomic mass is 10.1. The maximum atomic E-state index is 13.5. The fourth-order valence-electron chi connectivity index (χ4n) is 3.97. The van der Waals surface area contributed by atoms with E-state index < -0.39 is 0 Å². The molecule has 1 heterocycles. The number of hydrogen-bond donors (Lipinski definition) is 0. The molecule has 0 atom stereocenters. The molecule has 8 heteroatoms. The molecule has 0 aliphatic heterocycles. The third-order valence-corrected chi connectivity index (χ3v) is 6.10. The van der Waals surface area contributed by atoms with E-state index in [4.69, 9.17) is 18.6 Å². The number of benzene rings is 1. The molecule has 1 saturated carbocycles. The summed E-state index contributed by atoms with van der Waals surface area (Å²) in [6, 6.07) is 9.54.